The topological polar surface area (TPSA) is 67.9 Å². The van der Waals surface area contributed by atoms with Gasteiger partial charge in [0.15, 0.2) is 0 Å². The molecule has 1 atom stereocenters. The molecule has 2 fully saturated rings. The first-order valence-corrected chi connectivity index (χ1v) is 6.40. The lowest BCUT2D eigenvalue weighted by molar-refractivity contribution is -0.217. The molecule has 1 amide bonds. The van der Waals surface area contributed by atoms with E-state index in [2.05, 4.69) is 5.32 Å². The smallest absolute Gasteiger partial charge is 0.311 e. The lowest BCUT2D eigenvalue weighted by Gasteiger charge is -2.42. The van der Waals surface area contributed by atoms with Gasteiger partial charge in [0, 0.05) is 6.42 Å². The van der Waals surface area contributed by atoms with Crippen LogP contribution < -0.4 is 5.32 Å². The van der Waals surface area contributed by atoms with Gasteiger partial charge >= 0.3 is 5.97 Å². The van der Waals surface area contributed by atoms with Crippen molar-refractivity contribution in [3.8, 4) is 0 Å². The Morgan fingerprint density at radius 1 is 1.50 bits per heavy atom. The van der Waals surface area contributed by atoms with Gasteiger partial charge in [-0.05, 0) is 32.9 Å². The van der Waals surface area contributed by atoms with E-state index in [0.717, 1.165) is 25.9 Å². The van der Waals surface area contributed by atoms with Crippen LogP contribution in [0.25, 0.3) is 0 Å². The second-order valence-corrected chi connectivity index (χ2v) is 4.74. The summed E-state index contributed by atoms with van der Waals surface area (Å²) in [5.41, 5.74) is -0.522. The van der Waals surface area contributed by atoms with Gasteiger partial charge in [-0.2, -0.15) is 0 Å². The van der Waals surface area contributed by atoms with E-state index in [1.165, 1.54) is 12.2 Å². The summed E-state index contributed by atoms with van der Waals surface area (Å²) < 4.78 is 4.84. The fourth-order valence-corrected chi connectivity index (χ4v) is 3.02. The van der Waals surface area contributed by atoms with Crippen LogP contribution in [0.4, 0.5) is 0 Å². The molecule has 2 heterocycles. The number of piperidine rings is 1. The van der Waals surface area contributed by atoms with Crippen LogP contribution in [-0.4, -0.2) is 49.3 Å². The third kappa shape index (κ3) is 1.99. The predicted octanol–water partition coefficient (Wildman–Crippen LogP) is 0.0816. The molecular weight excluding hydrogens is 236 g/mol. The molecule has 6 heteroatoms. The number of ether oxygens (including phenoxy) is 1. The summed E-state index contributed by atoms with van der Waals surface area (Å²) in [5.74, 6) is -0.842. The molecule has 0 bridgehead atoms. The molecule has 0 aliphatic carbocycles. The second kappa shape index (κ2) is 5.24. The number of amides is 1. The van der Waals surface area contributed by atoms with E-state index in [-0.39, 0.29) is 18.3 Å². The first kappa shape index (κ1) is 13.3. The molecule has 2 aliphatic rings. The van der Waals surface area contributed by atoms with Gasteiger partial charge in [-0.3, -0.25) is 14.4 Å². The summed E-state index contributed by atoms with van der Waals surface area (Å²) in [7, 11) is 1.37. The zero-order valence-corrected chi connectivity index (χ0v) is 10.9. The summed E-state index contributed by atoms with van der Waals surface area (Å²) in [5, 5.41) is 4.69. The van der Waals surface area contributed by atoms with Gasteiger partial charge in [-0.1, -0.05) is 0 Å². The van der Waals surface area contributed by atoms with Crippen LogP contribution in [0.3, 0.4) is 0 Å². The SMILES string of the molecule is CCON1C(=O)C[C@@H](C(=O)OC)C12CCNCC2. The minimum atomic E-state index is -0.522. The molecule has 1 spiro atoms. The van der Waals surface area contributed by atoms with Crippen LogP contribution in [-0.2, 0) is 19.2 Å². The first-order chi connectivity index (χ1) is 8.65. The quantitative estimate of drug-likeness (QED) is 0.724. The Labute approximate surface area is 107 Å². The molecule has 2 rings (SSSR count). The molecule has 0 aromatic carbocycles. The zero-order valence-electron chi connectivity index (χ0n) is 10.9. The van der Waals surface area contributed by atoms with Crippen molar-refractivity contribution in [2.75, 3.05) is 26.8 Å². The highest BCUT2D eigenvalue weighted by molar-refractivity contribution is 5.88. The summed E-state index contributed by atoms with van der Waals surface area (Å²) in [6.45, 7) is 3.83. The maximum atomic E-state index is 12.0. The second-order valence-electron chi connectivity index (χ2n) is 4.74. The van der Waals surface area contributed by atoms with Crippen LogP contribution in [0.2, 0.25) is 0 Å². The van der Waals surface area contributed by atoms with Crippen LogP contribution in [0.15, 0.2) is 0 Å². The van der Waals surface area contributed by atoms with Gasteiger partial charge in [-0.25, -0.2) is 5.06 Å². The van der Waals surface area contributed by atoms with Crippen LogP contribution in [0, 0.1) is 5.92 Å². The Morgan fingerprint density at radius 2 is 2.17 bits per heavy atom. The molecule has 6 nitrogen and oxygen atoms in total. The number of nitrogens with zero attached hydrogens (tertiary/aromatic N) is 1. The Hall–Kier alpha value is -1.14. The maximum absolute atomic E-state index is 12.0. The molecule has 0 aromatic heterocycles. The standard InChI is InChI=1S/C12H20N2O4/c1-3-18-14-10(15)8-9(11(16)17-2)12(14)4-6-13-7-5-12/h9,13H,3-8H2,1-2H3/t9-/m0/s1. The lowest BCUT2D eigenvalue weighted by atomic mass is 9.78. The summed E-state index contributed by atoms with van der Waals surface area (Å²) in [4.78, 5) is 29.4. The molecule has 2 saturated heterocycles. The average Bonchev–Trinajstić information content (AvgIpc) is 2.65. The Morgan fingerprint density at radius 3 is 2.72 bits per heavy atom. The first-order valence-electron chi connectivity index (χ1n) is 6.40. The van der Waals surface area contributed by atoms with Gasteiger partial charge in [-0.15, -0.1) is 0 Å². The van der Waals surface area contributed by atoms with E-state index in [1.807, 2.05) is 6.92 Å². The molecular formula is C12H20N2O4. The van der Waals surface area contributed by atoms with Crippen molar-refractivity contribution in [1.82, 2.24) is 10.4 Å². The van der Waals surface area contributed by atoms with Crippen molar-refractivity contribution >= 4 is 11.9 Å². The molecule has 0 unspecified atom stereocenters. The Bertz CT molecular complexity index is 339. The van der Waals surface area contributed by atoms with Crippen LogP contribution in [0.5, 0.6) is 0 Å². The largest absolute Gasteiger partial charge is 0.469 e. The van der Waals surface area contributed by atoms with Crippen LogP contribution in [0.1, 0.15) is 26.2 Å². The zero-order chi connectivity index (χ0) is 13.2. The van der Waals surface area contributed by atoms with Gasteiger partial charge in [0.1, 0.15) is 0 Å². The van der Waals surface area contributed by atoms with E-state index >= 15 is 0 Å². The number of hydroxylamine groups is 2. The van der Waals surface area contributed by atoms with E-state index in [4.69, 9.17) is 9.57 Å². The predicted molar refractivity (Wildman–Crippen MR) is 63.4 cm³/mol. The number of rotatable bonds is 3. The number of methoxy groups -OCH3 is 1. The molecule has 1 N–H and O–H groups in total. The number of hydrogen-bond acceptors (Lipinski definition) is 5. The highest BCUT2D eigenvalue weighted by Gasteiger charge is 2.57. The summed E-state index contributed by atoms with van der Waals surface area (Å²) >= 11 is 0. The van der Waals surface area contributed by atoms with Gasteiger partial charge in [0.25, 0.3) is 0 Å². The minimum Gasteiger partial charge on any atom is -0.469 e. The number of hydrogen-bond donors (Lipinski definition) is 1. The highest BCUT2D eigenvalue weighted by atomic mass is 16.7. The average molecular weight is 256 g/mol. The summed E-state index contributed by atoms with van der Waals surface area (Å²) in [6, 6.07) is 0. The molecule has 2 aliphatic heterocycles. The van der Waals surface area contributed by atoms with Crippen molar-refractivity contribution in [3.05, 3.63) is 0 Å². The lowest BCUT2D eigenvalue weighted by Crippen LogP contribution is -2.56. The van der Waals surface area contributed by atoms with E-state index in [1.54, 1.807) is 0 Å². The minimum absolute atomic E-state index is 0.117. The molecule has 102 valence electrons. The van der Waals surface area contributed by atoms with Crippen molar-refractivity contribution in [2.24, 2.45) is 5.92 Å². The highest BCUT2D eigenvalue weighted by Crippen LogP contribution is 2.43. The normalized spacial score (nSPS) is 26.7. The third-order valence-corrected chi connectivity index (χ3v) is 3.87. The Kier molecular flexibility index (Phi) is 3.87. The number of esters is 1. The number of carbonyl (C=O) groups is 2. The van der Waals surface area contributed by atoms with Crippen molar-refractivity contribution in [3.63, 3.8) is 0 Å². The van der Waals surface area contributed by atoms with Crippen LogP contribution >= 0.6 is 0 Å². The Balaban J connectivity index is 2.30. The van der Waals surface area contributed by atoms with Gasteiger partial charge < -0.3 is 10.1 Å². The summed E-state index contributed by atoms with van der Waals surface area (Å²) in [6.07, 6.45) is 1.63. The fourth-order valence-electron chi connectivity index (χ4n) is 3.02. The third-order valence-electron chi connectivity index (χ3n) is 3.87. The molecule has 18 heavy (non-hydrogen) atoms. The van der Waals surface area contributed by atoms with E-state index in [0.29, 0.717) is 6.61 Å². The number of carbonyl (C=O) groups excluding carboxylic acids is 2. The fraction of sp³-hybridized carbons (Fsp3) is 0.833. The van der Waals surface area contributed by atoms with Crippen molar-refractivity contribution in [1.29, 1.82) is 0 Å². The monoisotopic (exact) mass is 256 g/mol. The molecule has 0 saturated carbocycles. The molecule has 0 aromatic rings. The number of nitrogens with one attached hydrogen (secondary N) is 1. The van der Waals surface area contributed by atoms with Crippen molar-refractivity contribution < 1.29 is 19.2 Å². The maximum Gasteiger partial charge on any atom is 0.311 e. The van der Waals surface area contributed by atoms with E-state index in [9.17, 15) is 9.59 Å². The molecule has 0 radical (unpaired) electrons. The van der Waals surface area contributed by atoms with E-state index < -0.39 is 11.5 Å². The van der Waals surface area contributed by atoms with Gasteiger partial charge in [0.05, 0.1) is 25.2 Å². The van der Waals surface area contributed by atoms with Gasteiger partial charge in [0.2, 0.25) is 5.91 Å². The van der Waals surface area contributed by atoms with Crippen molar-refractivity contribution in [2.45, 2.75) is 31.7 Å².